The van der Waals surface area contributed by atoms with Gasteiger partial charge >= 0.3 is 0 Å². The Labute approximate surface area is 186 Å². The van der Waals surface area contributed by atoms with E-state index in [0.29, 0.717) is 30.8 Å². The monoisotopic (exact) mass is 440 g/mol. The maximum absolute atomic E-state index is 13.3. The van der Waals surface area contributed by atoms with Crippen molar-refractivity contribution in [2.75, 3.05) is 24.5 Å². The highest BCUT2D eigenvalue weighted by atomic mass is 32.2. The molecule has 0 aromatic heterocycles. The fraction of sp³-hybridized carbons (Fsp3) is 0.480. The van der Waals surface area contributed by atoms with Gasteiger partial charge in [-0.25, -0.2) is 8.42 Å². The summed E-state index contributed by atoms with van der Waals surface area (Å²) in [6.07, 6.45) is 3.12. The zero-order valence-electron chi connectivity index (χ0n) is 18.9. The number of sulfonamides is 1. The van der Waals surface area contributed by atoms with Gasteiger partial charge in [0.2, 0.25) is 15.9 Å². The van der Waals surface area contributed by atoms with Crippen LogP contribution in [0.1, 0.15) is 47.1 Å². The van der Waals surface area contributed by atoms with Crippen LogP contribution in [0.25, 0.3) is 0 Å². The molecule has 1 fully saturated rings. The molecule has 1 saturated heterocycles. The summed E-state index contributed by atoms with van der Waals surface area (Å²) >= 11 is 0. The number of anilines is 1. The Hall–Kier alpha value is -2.18. The molecule has 0 spiro atoms. The number of rotatable bonds is 3. The van der Waals surface area contributed by atoms with E-state index in [2.05, 4.69) is 25.1 Å². The molecule has 0 N–H and O–H groups in total. The zero-order chi connectivity index (χ0) is 22.3. The molecule has 31 heavy (non-hydrogen) atoms. The van der Waals surface area contributed by atoms with Gasteiger partial charge in [-0.2, -0.15) is 4.31 Å². The van der Waals surface area contributed by atoms with E-state index in [4.69, 9.17) is 0 Å². The summed E-state index contributed by atoms with van der Waals surface area (Å²) in [6, 6.07) is 10.1. The predicted molar refractivity (Wildman–Crippen MR) is 124 cm³/mol. The lowest BCUT2D eigenvalue weighted by Gasteiger charge is -2.36. The highest BCUT2D eigenvalue weighted by Gasteiger charge is 2.36. The Kier molecular flexibility index (Phi) is 5.97. The van der Waals surface area contributed by atoms with Crippen molar-refractivity contribution >= 4 is 21.6 Å². The molecule has 2 aliphatic heterocycles. The van der Waals surface area contributed by atoms with Crippen molar-refractivity contribution in [1.82, 2.24) is 4.31 Å². The van der Waals surface area contributed by atoms with Crippen molar-refractivity contribution < 1.29 is 13.2 Å². The molecule has 5 nitrogen and oxygen atoms in total. The maximum atomic E-state index is 13.3. The summed E-state index contributed by atoms with van der Waals surface area (Å²) in [5, 5.41) is 0. The van der Waals surface area contributed by atoms with Crippen LogP contribution in [-0.2, 0) is 21.2 Å². The molecule has 0 radical (unpaired) electrons. The van der Waals surface area contributed by atoms with Crippen LogP contribution in [0.2, 0.25) is 0 Å². The van der Waals surface area contributed by atoms with E-state index < -0.39 is 10.0 Å². The molecular weight excluding hydrogens is 408 g/mol. The first-order chi connectivity index (χ1) is 14.7. The number of piperidine rings is 1. The summed E-state index contributed by atoms with van der Waals surface area (Å²) in [4.78, 5) is 15.7. The number of hydrogen-bond acceptors (Lipinski definition) is 3. The van der Waals surface area contributed by atoms with Gasteiger partial charge in [0.05, 0.1) is 4.90 Å². The Morgan fingerprint density at radius 1 is 0.903 bits per heavy atom. The lowest BCUT2D eigenvalue weighted by Crippen LogP contribution is -2.46. The number of benzene rings is 2. The van der Waals surface area contributed by atoms with Crippen molar-refractivity contribution in [1.29, 1.82) is 0 Å². The fourth-order valence-electron chi connectivity index (χ4n) is 5.22. The average Bonchev–Trinajstić information content (AvgIpc) is 2.71. The molecule has 2 aromatic rings. The van der Waals surface area contributed by atoms with Crippen LogP contribution in [0.15, 0.2) is 35.2 Å². The predicted octanol–water partition coefficient (Wildman–Crippen LogP) is 4.30. The first kappa shape index (κ1) is 22.0. The van der Waals surface area contributed by atoms with Crippen LogP contribution < -0.4 is 4.90 Å². The Morgan fingerprint density at radius 2 is 1.55 bits per heavy atom. The lowest BCUT2D eigenvalue weighted by molar-refractivity contribution is -0.123. The Bertz CT molecular complexity index is 1090. The molecule has 0 atom stereocenters. The van der Waals surface area contributed by atoms with Gasteiger partial charge in [-0.15, -0.1) is 0 Å². The molecule has 1 amide bonds. The Balaban J connectivity index is 1.49. The van der Waals surface area contributed by atoms with Gasteiger partial charge in [-0.3, -0.25) is 4.79 Å². The first-order valence-electron chi connectivity index (χ1n) is 11.2. The average molecular weight is 441 g/mol. The zero-order valence-corrected chi connectivity index (χ0v) is 19.8. The van der Waals surface area contributed by atoms with Gasteiger partial charge in [-0.05, 0) is 76.1 Å². The molecule has 0 unspecified atom stereocenters. The molecule has 0 aliphatic carbocycles. The minimum Gasteiger partial charge on any atom is -0.312 e. The minimum absolute atomic E-state index is 0.126. The van der Waals surface area contributed by atoms with Crippen LogP contribution in [0, 0.1) is 33.6 Å². The number of aryl methyl sites for hydroxylation is 5. The second kappa shape index (κ2) is 8.40. The molecular formula is C25H32N2O3S. The standard InChI is InChI=1S/C25H32N2O3S/c1-17-7-8-23-22(16-17)6-5-11-27(23)25(28)21-9-12-26(13-10-21)31(29,30)24-19(3)14-18(2)15-20(24)4/h7-8,14-16,21H,5-6,9-13H2,1-4H3. The van der Waals surface area contributed by atoms with Gasteiger partial charge in [0.25, 0.3) is 0 Å². The summed E-state index contributed by atoms with van der Waals surface area (Å²) in [7, 11) is -3.56. The van der Waals surface area contributed by atoms with E-state index in [1.165, 1.54) is 11.1 Å². The normalized spacial score (nSPS) is 18.1. The SMILES string of the molecule is Cc1cc(C)c(S(=O)(=O)N2CCC(C(=O)N3CCCc4cc(C)ccc43)CC2)c(C)c1. The summed E-state index contributed by atoms with van der Waals surface area (Å²) in [5.74, 6) is 0.0171. The van der Waals surface area contributed by atoms with Crippen LogP contribution >= 0.6 is 0 Å². The van der Waals surface area contributed by atoms with Crippen LogP contribution in [0.5, 0.6) is 0 Å². The van der Waals surface area contributed by atoms with Gasteiger partial charge < -0.3 is 4.90 Å². The topological polar surface area (TPSA) is 57.7 Å². The van der Waals surface area contributed by atoms with E-state index >= 15 is 0 Å². The highest BCUT2D eigenvalue weighted by Crippen LogP contribution is 2.33. The second-order valence-electron chi connectivity index (χ2n) is 9.13. The largest absolute Gasteiger partial charge is 0.312 e. The summed E-state index contributed by atoms with van der Waals surface area (Å²) in [6.45, 7) is 9.30. The molecule has 6 heteroatoms. The quantitative estimate of drug-likeness (QED) is 0.715. The van der Waals surface area contributed by atoms with E-state index in [1.54, 1.807) is 4.31 Å². The van der Waals surface area contributed by atoms with E-state index in [-0.39, 0.29) is 11.8 Å². The number of carbonyl (C=O) groups is 1. The fourth-order valence-corrected chi connectivity index (χ4v) is 7.10. The third-order valence-corrected chi connectivity index (χ3v) is 8.83. The van der Waals surface area contributed by atoms with Crippen LogP contribution in [-0.4, -0.2) is 38.3 Å². The van der Waals surface area contributed by atoms with Crippen molar-refractivity contribution in [3.05, 3.63) is 58.1 Å². The van der Waals surface area contributed by atoms with Gasteiger partial charge in [0.15, 0.2) is 0 Å². The smallest absolute Gasteiger partial charge is 0.243 e. The molecule has 2 aliphatic rings. The van der Waals surface area contributed by atoms with Crippen molar-refractivity contribution in [3.8, 4) is 0 Å². The van der Waals surface area contributed by atoms with Gasteiger partial charge in [-0.1, -0.05) is 35.4 Å². The van der Waals surface area contributed by atoms with Crippen molar-refractivity contribution in [2.24, 2.45) is 5.92 Å². The molecule has 166 valence electrons. The summed E-state index contributed by atoms with van der Waals surface area (Å²) < 4.78 is 28.3. The lowest BCUT2D eigenvalue weighted by atomic mass is 9.93. The number of amides is 1. The van der Waals surface area contributed by atoms with E-state index in [0.717, 1.165) is 41.8 Å². The minimum atomic E-state index is -3.56. The Morgan fingerprint density at radius 3 is 2.19 bits per heavy atom. The van der Waals surface area contributed by atoms with Crippen LogP contribution in [0.4, 0.5) is 5.69 Å². The highest BCUT2D eigenvalue weighted by molar-refractivity contribution is 7.89. The third kappa shape index (κ3) is 4.15. The molecule has 4 rings (SSSR count). The first-order valence-corrected chi connectivity index (χ1v) is 12.6. The van der Waals surface area contributed by atoms with Crippen LogP contribution in [0.3, 0.4) is 0 Å². The second-order valence-corrected chi connectivity index (χ2v) is 11.0. The third-order valence-electron chi connectivity index (χ3n) is 6.63. The molecule has 0 bridgehead atoms. The van der Waals surface area contributed by atoms with Crippen molar-refractivity contribution in [3.63, 3.8) is 0 Å². The molecule has 2 aromatic carbocycles. The summed E-state index contributed by atoms with van der Waals surface area (Å²) in [5.41, 5.74) is 6.13. The van der Waals surface area contributed by atoms with Gasteiger partial charge in [0, 0.05) is 31.2 Å². The van der Waals surface area contributed by atoms with E-state index in [9.17, 15) is 13.2 Å². The maximum Gasteiger partial charge on any atom is 0.243 e. The molecule has 2 heterocycles. The number of carbonyl (C=O) groups excluding carboxylic acids is 1. The number of fused-ring (bicyclic) bond motifs is 1. The van der Waals surface area contributed by atoms with Gasteiger partial charge in [0.1, 0.15) is 0 Å². The number of hydrogen-bond donors (Lipinski definition) is 0. The molecule has 0 saturated carbocycles. The number of nitrogens with zero attached hydrogens (tertiary/aromatic N) is 2. The van der Waals surface area contributed by atoms with Crippen molar-refractivity contribution in [2.45, 2.75) is 58.3 Å². The van der Waals surface area contributed by atoms with E-state index in [1.807, 2.05) is 37.8 Å².